The molecule has 0 unspecified atom stereocenters. The van der Waals surface area contributed by atoms with Crippen molar-refractivity contribution in [2.24, 2.45) is 5.92 Å². The van der Waals surface area contributed by atoms with Crippen LogP contribution in [0.2, 0.25) is 0 Å². The van der Waals surface area contributed by atoms with Gasteiger partial charge in [0.15, 0.2) is 0 Å². The van der Waals surface area contributed by atoms with Gasteiger partial charge in [-0.3, -0.25) is 4.79 Å². The van der Waals surface area contributed by atoms with Gasteiger partial charge in [-0.2, -0.15) is 0 Å². The standard InChI is InChI=1S/C15H17FN6O3/c1-25-14(23)10-3-2-6-21(8-10)15(24)18-13-7-11(4-5-12(13)16)22-9-17-19-20-22/h4-5,7,9-10H,2-3,6,8H2,1H3,(H,18,24)/t10-/m1/s1. The molecule has 0 aliphatic carbocycles. The number of tetrazole rings is 1. The molecule has 1 atom stereocenters. The van der Waals surface area contributed by atoms with Crippen molar-refractivity contribution in [2.75, 3.05) is 25.5 Å². The number of urea groups is 1. The molecule has 1 fully saturated rings. The zero-order valence-corrected chi connectivity index (χ0v) is 13.6. The average molecular weight is 348 g/mol. The van der Waals surface area contributed by atoms with Gasteiger partial charge in [0.2, 0.25) is 0 Å². The summed E-state index contributed by atoms with van der Waals surface area (Å²) < 4.78 is 20.1. The van der Waals surface area contributed by atoms with Gasteiger partial charge < -0.3 is 15.0 Å². The summed E-state index contributed by atoms with van der Waals surface area (Å²) in [6, 6.07) is 3.68. The molecule has 0 bridgehead atoms. The number of methoxy groups -OCH3 is 1. The molecule has 2 aromatic rings. The van der Waals surface area contributed by atoms with Crippen LogP contribution in [0.3, 0.4) is 0 Å². The van der Waals surface area contributed by atoms with Gasteiger partial charge in [0.25, 0.3) is 0 Å². The highest BCUT2D eigenvalue weighted by Gasteiger charge is 2.29. The maximum absolute atomic E-state index is 14.0. The van der Waals surface area contributed by atoms with Crippen molar-refractivity contribution in [1.29, 1.82) is 0 Å². The van der Waals surface area contributed by atoms with E-state index in [9.17, 15) is 14.0 Å². The predicted octanol–water partition coefficient (Wildman–Crippen LogP) is 1.22. The monoisotopic (exact) mass is 348 g/mol. The molecule has 1 N–H and O–H groups in total. The number of likely N-dealkylation sites (tertiary alicyclic amines) is 1. The summed E-state index contributed by atoms with van der Waals surface area (Å²) in [4.78, 5) is 25.6. The van der Waals surface area contributed by atoms with Gasteiger partial charge in [-0.1, -0.05) is 0 Å². The van der Waals surface area contributed by atoms with E-state index < -0.39 is 11.8 Å². The van der Waals surface area contributed by atoms with Crippen LogP contribution in [0.5, 0.6) is 0 Å². The minimum absolute atomic E-state index is 0.0122. The predicted molar refractivity (Wildman–Crippen MR) is 84.4 cm³/mol. The fourth-order valence-electron chi connectivity index (χ4n) is 2.75. The fraction of sp³-hybridized carbons (Fsp3) is 0.400. The van der Waals surface area contributed by atoms with Gasteiger partial charge in [0, 0.05) is 13.1 Å². The molecule has 25 heavy (non-hydrogen) atoms. The number of esters is 1. The third-order valence-corrected chi connectivity index (χ3v) is 4.05. The number of amides is 2. The zero-order chi connectivity index (χ0) is 17.8. The van der Waals surface area contributed by atoms with E-state index in [1.54, 1.807) is 0 Å². The normalized spacial score (nSPS) is 17.2. The summed E-state index contributed by atoms with van der Waals surface area (Å²) in [6.07, 6.45) is 2.71. The Morgan fingerprint density at radius 3 is 2.96 bits per heavy atom. The van der Waals surface area contributed by atoms with E-state index in [0.717, 1.165) is 0 Å². The van der Waals surface area contributed by atoms with Crippen molar-refractivity contribution in [2.45, 2.75) is 12.8 Å². The minimum Gasteiger partial charge on any atom is -0.469 e. The topological polar surface area (TPSA) is 102 Å². The lowest BCUT2D eigenvalue weighted by Gasteiger charge is -2.31. The highest BCUT2D eigenvalue weighted by Crippen LogP contribution is 2.21. The fourth-order valence-corrected chi connectivity index (χ4v) is 2.75. The average Bonchev–Trinajstić information content (AvgIpc) is 3.17. The molecule has 0 radical (unpaired) electrons. The van der Waals surface area contributed by atoms with Gasteiger partial charge in [-0.25, -0.2) is 13.9 Å². The number of anilines is 1. The lowest BCUT2D eigenvalue weighted by atomic mass is 9.98. The molecular weight excluding hydrogens is 331 g/mol. The van der Waals surface area contributed by atoms with Crippen LogP contribution in [0, 0.1) is 11.7 Å². The van der Waals surface area contributed by atoms with Crippen LogP contribution in [0.25, 0.3) is 5.69 Å². The van der Waals surface area contributed by atoms with Crippen molar-refractivity contribution in [3.05, 3.63) is 30.3 Å². The number of rotatable bonds is 3. The van der Waals surface area contributed by atoms with Crippen LogP contribution in [-0.4, -0.2) is 57.3 Å². The third-order valence-electron chi connectivity index (χ3n) is 4.05. The number of carbonyl (C=O) groups is 2. The Bertz CT molecular complexity index is 767. The smallest absolute Gasteiger partial charge is 0.321 e. The molecule has 1 aromatic carbocycles. The zero-order valence-electron chi connectivity index (χ0n) is 13.6. The van der Waals surface area contributed by atoms with Gasteiger partial charge in [0.1, 0.15) is 12.1 Å². The Labute approximate surface area is 142 Å². The largest absolute Gasteiger partial charge is 0.469 e. The van der Waals surface area contributed by atoms with E-state index in [4.69, 9.17) is 4.74 Å². The van der Waals surface area contributed by atoms with Crippen LogP contribution in [-0.2, 0) is 9.53 Å². The summed E-state index contributed by atoms with van der Waals surface area (Å²) in [7, 11) is 1.32. The first kappa shape index (κ1) is 16.8. The number of carbonyl (C=O) groups excluding carboxylic acids is 2. The second-order valence-electron chi connectivity index (χ2n) is 5.66. The number of nitrogens with one attached hydrogen (secondary N) is 1. The van der Waals surface area contributed by atoms with Gasteiger partial charge in [0.05, 0.1) is 24.4 Å². The van der Waals surface area contributed by atoms with E-state index in [0.29, 0.717) is 25.1 Å². The number of halogens is 1. The highest BCUT2D eigenvalue weighted by atomic mass is 19.1. The molecule has 2 amide bonds. The molecule has 0 spiro atoms. The van der Waals surface area contributed by atoms with E-state index in [2.05, 4.69) is 20.8 Å². The Balaban J connectivity index is 1.72. The summed E-state index contributed by atoms with van der Waals surface area (Å²) >= 11 is 0. The Morgan fingerprint density at radius 2 is 2.24 bits per heavy atom. The molecule has 132 valence electrons. The second-order valence-corrected chi connectivity index (χ2v) is 5.66. The Kier molecular flexibility index (Phi) is 4.87. The number of piperidine rings is 1. The first-order valence-electron chi connectivity index (χ1n) is 7.75. The van der Waals surface area contributed by atoms with E-state index in [-0.39, 0.29) is 24.1 Å². The molecule has 1 saturated heterocycles. The molecule has 3 rings (SSSR count). The number of hydrogen-bond acceptors (Lipinski definition) is 6. The highest BCUT2D eigenvalue weighted by molar-refractivity contribution is 5.90. The van der Waals surface area contributed by atoms with Crippen molar-refractivity contribution in [1.82, 2.24) is 25.1 Å². The van der Waals surface area contributed by atoms with Crippen molar-refractivity contribution in [3.8, 4) is 5.69 Å². The van der Waals surface area contributed by atoms with Crippen molar-refractivity contribution < 1.29 is 18.7 Å². The number of benzene rings is 1. The van der Waals surface area contributed by atoms with E-state index >= 15 is 0 Å². The van der Waals surface area contributed by atoms with Gasteiger partial charge >= 0.3 is 12.0 Å². The van der Waals surface area contributed by atoms with Gasteiger partial charge in [-0.05, 0) is 41.5 Å². The van der Waals surface area contributed by atoms with E-state index in [1.807, 2.05) is 0 Å². The molecule has 2 heterocycles. The Hall–Kier alpha value is -3.04. The van der Waals surface area contributed by atoms with Crippen LogP contribution in [0.1, 0.15) is 12.8 Å². The maximum Gasteiger partial charge on any atom is 0.321 e. The quantitative estimate of drug-likeness (QED) is 0.837. The molecule has 0 saturated carbocycles. The summed E-state index contributed by atoms with van der Waals surface area (Å²) in [5.41, 5.74) is 0.519. The second kappa shape index (κ2) is 7.24. The van der Waals surface area contributed by atoms with Crippen molar-refractivity contribution in [3.63, 3.8) is 0 Å². The van der Waals surface area contributed by atoms with Crippen LogP contribution < -0.4 is 5.32 Å². The molecule has 1 aromatic heterocycles. The third kappa shape index (κ3) is 3.73. The number of nitrogens with zero attached hydrogens (tertiary/aromatic N) is 5. The lowest BCUT2D eigenvalue weighted by Crippen LogP contribution is -2.44. The molecule has 9 nitrogen and oxygen atoms in total. The van der Waals surface area contributed by atoms with Crippen LogP contribution >= 0.6 is 0 Å². The van der Waals surface area contributed by atoms with E-state index in [1.165, 1.54) is 41.2 Å². The maximum atomic E-state index is 14.0. The number of hydrogen-bond donors (Lipinski definition) is 1. The minimum atomic E-state index is -0.577. The van der Waals surface area contributed by atoms with Crippen LogP contribution in [0.15, 0.2) is 24.5 Å². The van der Waals surface area contributed by atoms with Gasteiger partial charge in [-0.15, -0.1) is 5.10 Å². The molecule has 10 heteroatoms. The lowest BCUT2D eigenvalue weighted by molar-refractivity contribution is -0.146. The van der Waals surface area contributed by atoms with Crippen LogP contribution in [0.4, 0.5) is 14.9 Å². The van der Waals surface area contributed by atoms with Crippen molar-refractivity contribution >= 4 is 17.7 Å². The molecule has 1 aliphatic heterocycles. The number of aromatic nitrogens is 4. The first-order chi connectivity index (χ1) is 12.1. The number of ether oxygens (including phenoxy) is 1. The molecular formula is C15H17FN6O3. The summed E-state index contributed by atoms with van der Waals surface area (Å²) in [5, 5.41) is 13.3. The summed E-state index contributed by atoms with van der Waals surface area (Å²) in [6.45, 7) is 0.737. The SMILES string of the molecule is COC(=O)[C@@H]1CCCN(C(=O)Nc2cc(-n3cnnn3)ccc2F)C1. The Morgan fingerprint density at radius 1 is 1.40 bits per heavy atom. The first-order valence-corrected chi connectivity index (χ1v) is 7.75. The summed E-state index contributed by atoms with van der Waals surface area (Å²) in [5.74, 6) is -1.28. The molecule has 1 aliphatic rings.